The third-order valence-electron chi connectivity index (χ3n) is 2.14. The van der Waals surface area contributed by atoms with Gasteiger partial charge in [-0.15, -0.1) is 11.6 Å². The van der Waals surface area contributed by atoms with Gasteiger partial charge in [-0.2, -0.15) is 5.26 Å². The lowest BCUT2D eigenvalue weighted by Gasteiger charge is -2.06. The number of halogens is 2. The van der Waals surface area contributed by atoms with Gasteiger partial charge < -0.3 is 9.47 Å². The molecule has 8 nitrogen and oxygen atoms in total. The third kappa shape index (κ3) is 8.57. The summed E-state index contributed by atoms with van der Waals surface area (Å²) >= 11 is 11.3. The van der Waals surface area contributed by atoms with Crippen LogP contribution < -0.4 is 4.72 Å². The molecule has 24 heavy (non-hydrogen) atoms. The van der Waals surface area contributed by atoms with E-state index in [0.717, 1.165) is 6.26 Å². The Morgan fingerprint density at radius 1 is 1.54 bits per heavy atom. The van der Waals surface area contributed by atoms with Crippen LogP contribution in [-0.4, -0.2) is 37.1 Å². The summed E-state index contributed by atoms with van der Waals surface area (Å²) in [4.78, 5) is 7.72. The lowest BCUT2D eigenvalue weighted by atomic mass is 10.4. The molecule has 11 heteroatoms. The molecule has 0 bridgehead atoms. The van der Waals surface area contributed by atoms with Gasteiger partial charge in [0.05, 0.1) is 22.9 Å². The molecule has 0 aliphatic heterocycles. The Hall–Kier alpha value is -2.02. The number of allylic oxidation sites excluding steroid dienone is 3. The van der Waals surface area contributed by atoms with E-state index < -0.39 is 10.0 Å². The number of ether oxygens (including phenoxy) is 2. The fraction of sp³-hybridized carbons (Fsp3) is 0.308. The summed E-state index contributed by atoms with van der Waals surface area (Å²) in [5, 5.41) is 9.17. The highest BCUT2D eigenvalue weighted by Crippen LogP contribution is 2.11. The summed E-state index contributed by atoms with van der Waals surface area (Å²) in [6, 6.07) is 3.34. The van der Waals surface area contributed by atoms with Crippen molar-refractivity contribution in [1.29, 1.82) is 5.26 Å². The quantitative estimate of drug-likeness (QED) is 0.225. The van der Waals surface area contributed by atoms with Gasteiger partial charge >= 0.3 is 0 Å². The summed E-state index contributed by atoms with van der Waals surface area (Å²) in [6.07, 6.45) is 4.86. The van der Waals surface area contributed by atoms with Crippen LogP contribution in [0.4, 0.5) is 5.95 Å². The van der Waals surface area contributed by atoms with Crippen molar-refractivity contribution in [1.82, 2.24) is 9.97 Å². The van der Waals surface area contributed by atoms with Crippen LogP contribution in [0.25, 0.3) is 0 Å². The SMILES string of the molecule is CS(=O)(=O)Nc1nccc(CO/C(C#N)=C/C(Cl)=C/OCCCl)n1. The minimum Gasteiger partial charge on any atom is -0.498 e. The number of hydrogen-bond donors (Lipinski definition) is 1. The van der Waals surface area contributed by atoms with Crippen molar-refractivity contribution in [3.05, 3.63) is 41.1 Å². The molecule has 1 N–H and O–H groups in total. The number of nitriles is 1. The fourth-order valence-corrected chi connectivity index (χ4v) is 1.97. The van der Waals surface area contributed by atoms with E-state index in [2.05, 4.69) is 14.7 Å². The highest BCUT2D eigenvalue weighted by Gasteiger charge is 2.06. The van der Waals surface area contributed by atoms with Crippen LogP contribution >= 0.6 is 23.2 Å². The Morgan fingerprint density at radius 3 is 2.92 bits per heavy atom. The molecule has 0 amide bonds. The zero-order chi connectivity index (χ0) is 18.0. The van der Waals surface area contributed by atoms with Gasteiger partial charge in [0.1, 0.15) is 25.5 Å². The van der Waals surface area contributed by atoms with Crippen LogP contribution in [0, 0.1) is 11.3 Å². The summed E-state index contributed by atoms with van der Waals surface area (Å²) in [7, 11) is -3.48. The largest absolute Gasteiger partial charge is 0.498 e. The zero-order valence-corrected chi connectivity index (χ0v) is 14.9. The number of sulfonamides is 1. The second-order valence-electron chi connectivity index (χ2n) is 4.22. The first-order valence-corrected chi connectivity index (χ1v) is 9.22. The minimum atomic E-state index is -3.48. The van der Waals surface area contributed by atoms with Crippen LogP contribution in [0.1, 0.15) is 5.69 Å². The molecule has 0 saturated heterocycles. The van der Waals surface area contributed by atoms with E-state index in [1.165, 1.54) is 24.6 Å². The van der Waals surface area contributed by atoms with Gasteiger partial charge in [-0.1, -0.05) is 11.6 Å². The number of rotatable bonds is 9. The summed E-state index contributed by atoms with van der Waals surface area (Å²) in [5.41, 5.74) is 0.371. The second kappa shape index (κ2) is 9.97. The van der Waals surface area contributed by atoms with Crippen molar-refractivity contribution in [3.8, 4) is 6.07 Å². The molecule has 1 rings (SSSR count). The molecule has 0 saturated carbocycles. The average molecular weight is 393 g/mol. The Morgan fingerprint density at radius 2 is 2.29 bits per heavy atom. The molecular weight excluding hydrogens is 379 g/mol. The number of hydrogen-bond acceptors (Lipinski definition) is 7. The van der Waals surface area contributed by atoms with Gasteiger partial charge in [-0.3, -0.25) is 4.72 Å². The number of alkyl halides is 1. The normalized spacial score (nSPS) is 12.4. The number of nitrogens with zero attached hydrogens (tertiary/aromatic N) is 3. The topological polar surface area (TPSA) is 114 Å². The monoisotopic (exact) mass is 392 g/mol. The maximum absolute atomic E-state index is 11.1. The van der Waals surface area contributed by atoms with Crippen LogP contribution in [0.5, 0.6) is 0 Å². The van der Waals surface area contributed by atoms with Gasteiger partial charge in [0, 0.05) is 12.3 Å². The van der Waals surface area contributed by atoms with Crippen LogP contribution in [0.15, 0.2) is 35.4 Å². The molecule has 0 aliphatic rings. The van der Waals surface area contributed by atoms with Gasteiger partial charge in [0.25, 0.3) is 0 Å². The molecule has 1 aromatic rings. The highest BCUT2D eigenvalue weighted by molar-refractivity contribution is 7.91. The molecule has 1 aromatic heterocycles. The second-order valence-corrected chi connectivity index (χ2v) is 6.78. The molecule has 0 atom stereocenters. The summed E-state index contributed by atoms with van der Waals surface area (Å²) in [6.45, 7) is 0.207. The minimum absolute atomic E-state index is 0.0676. The van der Waals surface area contributed by atoms with Crippen LogP contribution in [0.3, 0.4) is 0 Å². The Labute approximate surface area is 149 Å². The summed E-state index contributed by atoms with van der Waals surface area (Å²) < 4.78 is 34.7. The standard InChI is InChI=1S/C13H14Cl2N4O4S/c1-24(20,21)19-13-17-4-2-11(18-13)9-23-12(7-16)6-10(15)8-22-5-3-14/h2,4,6,8H,3,5,9H2,1H3,(H,17,18,19)/b10-8-,12-6+. The molecule has 1 heterocycles. The number of aromatic nitrogens is 2. The van der Waals surface area contributed by atoms with Crippen molar-refractivity contribution >= 4 is 39.2 Å². The molecule has 0 aromatic carbocycles. The molecule has 0 fully saturated rings. The molecule has 0 unspecified atom stereocenters. The van der Waals surface area contributed by atoms with E-state index in [1.54, 1.807) is 0 Å². The van der Waals surface area contributed by atoms with E-state index in [1.807, 2.05) is 6.07 Å². The van der Waals surface area contributed by atoms with E-state index in [9.17, 15) is 8.42 Å². The maximum Gasteiger partial charge on any atom is 0.236 e. The Kier molecular flexibility index (Phi) is 8.32. The van der Waals surface area contributed by atoms with Gasteiger partial charge in [0.2, 0.25) is 16.0 Å². The van der Waals surface area contributed by atoms with E-state index in [0.29, 0.717) is 11.6 Å². The van der Waals surface area contributed by atoms with Gasteiger partial charge in [-0.25, -0.2) is 18.4 Å². The highest BCUT2D eigenvalue weighted by atomic mass is 35.5. The lowest BCUT2D eigenvalue weighted by Crippen LogP contribution is -2.13. The number of anilines is 1. The smallest absolute Gasteiger partial charge is 0.236 e. The molecule has 0 spiro atoms. The van der Waals surface area contributed by atoms with E-state index in [4.69, 9.17) is 37.9 Å². The van der Waals surface area contributed by atoms with Gasteiger partial charge in [0.15, 0.2) is 5.76 Å². The molecular formula is C13H14Cl2N4O4S. The molecule has 0 aliphatic carbocycles. The van der Waals surface area contributed by atoms with Crippen LogP contribution in [0.2, 0.25) is 0 Å². The predicted molar refractivity (Wildman–Crippen MR) is 89.6 cm³/mol. The van der Waals surface area contributed by atoms with Crippen molar-refractivity contribution in [2.24, 2.45) is 0 Å². The zero-order valence-electron chi connectivity index (χ0n) is 12.6. The lowest BCUT2D eigenvalue weighted by molar-refractivity contribution is 0.209. The Balaban J connectivity index is 2.71. The molecule has 130 valence electrons. The summed E-state index contributed by atoms with van der Waals surface area (Å²) in [5.74, 6) is 0.152. The van der Waals surface area contributed by atoms with Crippen molar-refractivity contribution in [3.63, 3.8) is 0 Å². The van der Waals surface area contributed by atoms with Gasteiger partial charge in [-0.05, 0) is 6.07 Å². The van der Waals surface area contributed by atoms with Crippen molar-refractivity contribution in [2.75, 3.05) is 23.5 Å². The first kappa shape index (κ1) is 20.0. The van der Waals surface area contributed by atoms with E-state index in [-0.39, 0.29) is 30.0 Å². The van der Waals surface area contributed by atoms with Crippen molar-refractivity contribution < 1.29 is 17.9 Å². The molecule has 0 radical (unpaired) electrons. The first-order chi connectivity index (χ1) is 11.3. The van der Waals surface area contributed by atoms with E-state index >= 15 is 0 Å². The van der Waals surface area contributed by atoms with Crippen LogP contribution in [-0.2, 0) is 26.1 Å². The maximum atomic E-state index is 11.1. The fourth-order valence-electron chi connectivity index (χ4n) is 1.29. The number of nitrogens with one attached hydrogen (secondary N) is 1. The third-order valence-corrected chi connectivity index (χ3v) is 3.04. The average Bonchev–Trinajstić information content (AvgIpc) is 2.50. The Bertz CT molecular complexity index is 759. The predicted octanol–water partition coefficient (Wildman–Crippen LogP) is 2.11. The first-order valence-electron chi connectivity index (χ1n) is 6.41. The van der Waals surface area contributed by atoms with Crippen molar-refractivity contribution in [2.45, 2.75) is 6.61 Å².